The fourth-order valence-electron chi connectivity index (χ4n) is 2.19. The first-order chi connectivity index (χ1) is 10.0. The van der Waals surface area contributed by atoms with Gasteiger partial charge in [0.25, 0.3) is 0 Å². The number of halogens is 1. The quantitative estimate of drug-likeness (QED) is 0.663. The first-order valence-corrected chi connectivity index (χ1v) is 8.61. The normalized spacial score (nSPS) is 16.1. The molecule has 6 nitrogen and oxygen atoms in total. The number of nitrogens with two attached hydrogens (primary N) is 1. The van der Waals surface area contributed by atoms with Crippen molar-refractivity contribution in [1.82, 2.24) is 10.2 Å². The number of nitrogens with zero attached hydrogens (tertiary/aromatic N) is 1. The molecule has 2 amide bonds. The van der Waals surface area contributed by atoms with Crippen molar-refractivity contribution in [1.29, 1.82) is 0 Å². The van der Waals surface area contributed by atoms with Crippen molar-refractivity contribution >= 4 is 36.0 Å². The van der Waals surface area contributed by atoms with E-state index >= 15 is 0 Å². The molecule has 1 heterocycles. The zero-order chi connectivity index (χ0) is 15.7. The van der Waals surface area contributed by atoms with Crippen molar-refractivity contribution < 1.29 is 14.3 Å². The van der Waals surface area contributed by atoms with Gasteiger partial charge in [0, 0.05) is 25.7 Å². The number of ether oxygens (including phenoxy) is 1. The molecule has 0 bridgehead atoms. The summed E-state index contributed by atoms with van der Waals surface area (Å²) < 4.78 is 5.20. The van der Waals surface area contributed by atoms with Gasteiger partial charge in [-0.3, -0.25) is 9.59 Å². The number of morpholine rings is 1. The number of amides is 2. The number of hydrogen-bond acceptors (Lipinski definition) is 5. The number of carbonyl (C=O) groups excluding carboxylic acids is 2. The molecule has 1 saturated heterocycles. The summed E-state index contributed by atoms with van der Waals surface area (Å²) in [7, 11) is 0. The van der Waals surface area contributed by atoms with E-state index in [0.717, 1.165) is 6.42 Å². The van der Waals surface area contributed by atoms with Crippen molar-refractivity contribution in [3.8, 4) is 0 Å². The average molecular weight is 354 g/mol. The molecule has 1 atom stereocenters. The molecule has 0 aromatic rings. The third-order valence-electron chi connectivity index (χ3n) is 3.23. The first kappa shape index (κ1) is 21.5. The predicted octanol–water partition coefficient (Wildman–Crippen LogP) is 0.490. The molecule has 0 radical (unpaired) electrons. The number of hydrogen-bond donors (Lipinski definition) is 2. The molecular weight excluding hydrogens is 326 g/mol. The Morgan fingerprint density at radius 2 is 1.91 bits per heavy atom. The second kappa shape index (κ2) is 12.0. The van der Waals surface area contributed by atoms with E-state index in [0.29, 0.717) is 50.3 Å². The standard InChI is InChI=1S/C14H27N3O3S.ClH/c1-11(2)7-12(8-15)16-13(18)9-21-10-14(19)17-3-5-20-6-4-17;/h11-12H,3-10,15H2,1-2H3,(H,16,18);1H. The lowest BCUT2D eigenvalue weighted by Gasteiger charge is -2.26. The minimum absolute atomic E-state index is 0. The van der Waals surface area contributed by atoms with Crippen LogP contribution in [0.2, 0.25) is 0 Å². The summed E-state index contributed by atoms with van der Waals surface area (Å²) >= 11 is 1.35. The molecule has 0 aliphatic carbocycles. The molecule has 130 valence electrons. The summed E-state index contributed by atoms with van der Waals surface area (Å²) in [6.07, 6.45) is 0.875. The molecule has 0 spiro atoms. The van der Waals surface area contributed by atoms with Gasteiger partial charge in [-0.05, 0) is 12.3 Å². The Morgan fingerprint density at radius 1 is 1.27 bits per heavy atom. The van der Waals surface area contributed by atoms with Gasteiger partial charge in [-0.15, -0.1) is 24.2 Å². The summed E-state index contributed by atoms with van der Waals surface area (Å²) in [5, 5.41) is 2.92. The lowest BCUT2D eigenvalue weighted by Crippen LogP contribution is -2.43. The molecule has 1 fully saturated rings. The summed E-state index contributed by atoms with van der Waals surface area (Å²) in [5.41, 5.74) is 5.65. The van der Waals surface area contributed by atoms with E-state index in [2.05, 4.69) is 19.2 Å². The van der Waals surface area contributed by atoms with Crippen LogP contribution in [0.25, 0.3) is 0 Å². The predicted molar refractivity (Wildman–Crippen MR) is 92.4 cm³/mol. The highest BCUT2D eigenvalue weighted by atomic mass is 35.5. The van der Waals surface area contributed by atoms with E-state index < -0.39 is 0 Å². The minimum atomic E-state index is -0.0501. The molecule has 8 heteroatoms. The number of thioether (sulfide) groups is 1. The molecule has 3 N–H and O–H groups in total. The first-order valence-electron chi connectivity index (χ1n) is 7.45. The average Bonchev–Trinajstić information content (AvgIpc) is 2.46. The Labute approximate surface area is 143 Å². The van der Waals surface area contributed by atoms with Crippen molar-refractivity contribution in [2.45, 2.75) is 26.3 Å². The van der Waals surface area contributed by atoms with Crippen molar-refractivity contribution in [2.24, 2.45) is 11.7 Å². The highest BCUT2D eigenvalue weighted by Gasteiger charge is 2.17. The fraction of sp³-hybridized carbons (Fsp3) is 0.857. The molecule has 1 rings (SSSR count). The fourth-order valence-corrected chi connectivity index (χ4v) is 2.92. The third-order valence-corrected chi connectivity index (χ3v) is 4.15. The Morgan fingerprint density at radius 3 is 2.45 bits per heavy atom. The van der Waals surface area contributed by atoms with Crippen LogP contribution in [0.5, 0.6) is 0 Å². The Bertz CT molecular complexity index is 339. The van der Waals surface area contributed by atoms with Gasteiger partial charge in [0.1, 0.15) is 0 Å². The Kier molecular flexibility index (Phi) is 11.7. The van der Waals surface area contributed by atoms with E-state index in [9.17, 15) is 9.59 Å². The zero-order valence-corrected chi connectivity index (χ0v) is 15.0. The van der Waals surface area contributed by atoms with Crippen LogP contribution in [0, 0.1) is 5.92 Å². The highest BCUT2D eigenvalue weighted by Crippen LogP contribution is 2.07. The van der Waals surface area contributed by atoms with E-state index in [1.54, 1.807) is 4.90 Å². The van der Waals surface area contributed by atoms with Crippen LogP contribution >= 0.6 is 24.2 Å². The molecule has 0 saturated carbocycles. The summed E-state index contributed by atoms with van der Waals surface area (Å²) in [6.45, 7) is 7.15. The van der Waals surface area contributed by atoms with Gasteiger partial charge < -0.3 is 20.7 Å². The molecule has 22 heavy (non-hydrogen) atoms. The number of rotatable bonds is 8. The van der Waals surface area contributed by atoms with Crippen LogP contribution in [0.4, 0.5) is 0 Å². The zero-order valence-electron chi connectivity index (χ0n) is 13.4. The van der Waals surface area contributed by atoms with Crippen LogP contribution < -0.4 is 11.1 Å². The molecule has 1 unspecified atom stereocenters. The molecular formula is C14H28ClN3O3S. The smallest absolute Gasteiger partial charge is 0.232 e. The maximum absolute atomic E-state index is 11.9. The monoisotopic (exact) mass is 353 g/mol. The summed E-state index contributed by atoms with van der Waals surface area (Å²) in [6, 6.07) is 0.0213. The van der Waals surface area contributed by atoms with Crippen LogP contribution in [0.15, 0.2) is 0 Å². The number of nitrogens with one attached hydrogen (secondary N) is 1. The van der Waals surface area contributed by atoms with Crippen LogP contribution in [0.3, 0.4) is 0 Å². The van der Waals surface area contributed by atoms with Gasteiger partial charge in [-0.25, -0.2) is 0 Å². The Balaban J connectivity index is 0.00000441. The summed E-state index contributed by atoms with van der Waals surface area (Å²) in [5.74, 6) is 1.16. The SMILES string of the molecule is CC(C)CC(CN)NC(=O)CSCC(=O)N1CCOCC1.Cl. The van der Waals surface area contributed by atoms with Gasteiger partial charge in [0.05, 0.1) is 24.7 Å². The van der Waals surface area contributed by atoms with Crippen LogP contribution in [0.1, 0.15) is 20.3 Å². The maximum atomic E-state index is 11.9. The lowest BCUT2D eigenvalue weighted by molar-refractivity contribution is -0.132. The molecule has 1 aliphatic rings. The van der Waals surface area contributed by atoms with Gasteiger partial charge in [-0.2, -0.15) is 0 Å². The lowest BCUT2D eigenvalue weighted by atomic mass is 10.0. The highest BCUT2D eigenvalue weighted by molar-refractivity contribution is 8.00. The second-order valence-corrected chi connectivity index (χ2v) is 6.60. The van der Waals surface area contributed by atoms with E-state index in [1.807, 2.05) is 0 Å². The second-order valence-electron chi connectivity index (χ2n) is 5.62. The third kappa shape index (κ3) is 8.82. The number of carbonyl (C=O) groups is 2. The maximum Gasteiger partial charge on any atom is 0.232 e. The minimum Gasteiger partial charge on any atom is -0.378 e. The van der Waals surface area contributed by atoms with Crippen molar-refractivity contribution in [2.75, 3.05) is 44.4 Å². The summed E-state index contributed by atoms with van der Waals surface area (Å²) in [4.78, 5) is 25.5. The van der Waals surface area contributed by atoms with Gasteiger partial charge in [0.15, 0.2) is 0 Å². The van der Waals surface area contributed by atoms with E-state index in [1.165, 1.54) is 11.8 Å². The van der Waals surface area contributed by atoms with E-state index in [-0.39, 0.29) is 30.3 Å². The van der Waals surface area contributed by atoms with Crippen LogP contribution in [-0.2, 0) is 14.3 Å². The largest absolute Gasteiger partial charge is 0.378 e. The van der Waals surface area contributed by atoms with Gasteiger partial charge in [0.2, 0.25) is 11.8 Å². The van der Waals surface area contributed by atoms with Gasteiger partial charge >= 0.3 is 0 Å². The topological polar surface area (TPSA) is 84.7 Å². The van der Waals surface area contributed by atoms with Crippen molar-refractivity contribution in [3.05, 3.63) is 0 Å². The molecule has 0 aromatic heterocycles. The molecule has 0 aromatic carbocycles. The molecule has 1 aliphatic heterocycles. The van der Waals surface area contributed by atoms with Crippen LogP contribution in [-0.4, -0.2) is 67.1 Å². The Hall–Kier alpha value is -0.500. The van der Waals surface area contributed by atoms with Gasteiger partial charge in [-0.1, -0.05) is 13.8 Å². The van der Waals surface area contributed by atoms with E-state index in [4.69, 9.17) is 10.5 Å². The van der Waals surface area contributed by atoms with Crippen molar-refractivity contribution in [3.63, 3.8) is 0 Å².